The van der Waals surface area contributed by atoms with Gasteiger partial charge in [-0.05, 0) is 83.4 Å². The van der Waals surface area contributed by atoms with Crippen LogP contribution in [0.1, 0.15) is 24.0 Å². The van der Waals surface area contributed by atoms with Gasteiger partial charge in [0.25, 0.3) is 5.91 Å². The van der Waals surface area contributed by atoms with Gasteiger partial charge in [-0.1, -0.05) is 29.8 Å². The first-order valence-corrected chi connectivity index (χ1v) is 11.9. The largest absolute Gasteiger partial charge is 0.457 e. The molecular weight excluding hydrogens is 536 g/mol. The predicted octanol–water partition coefficient (Wildman–Crippen LogP) is 6.41. The maximum absolute atomic E-state index is 12.2. The van der Waals surface area contributed by atoms with Crippen molar-refractivity contribution >= 4 is 56.7 Å². The maximum Gasteiger partial charge on any atom is 0.306 e. The zero-order valence-electron chi connectivity index (χ0n) is 19.2. The second-order valence-corrected chi connectivity index (χ2v) is 8.99. The number of halogens is 2. The van der Waals surface area contributed by atoms with E-state index in [4.69, 9.17) is 21.1 Å². The second-order valence-electron chi connectivity index (χ2n) is 7.73. The molecule has 7 nitrogen and oxygen atoms in total. The number of aryl methyl sites for hydroxylation is 2. The van der Waals surface area contributed by atoms with Crippen LogP contribution in [0.4, 0.5) is 11.4 Å². The van der Waals surface area contributed by atoms with Gasteiger partial charge in [0, 0.05) is 22.3 Å². The van der Waals surface area contributed by atoms with Crippen LogP contribution in [0.2, 0.25) is 5.02 Å². The van der Waals surface area contributed by atoms with E-state index in [1.807, 2.05) is 38.1 Å². The van der Waals surface area contributed by atoms with E-state index in [0.717, 1.165) is 16.9 Å². The monoisotopic (exact) mass is 558 g/mol. The number of esters is 1. The van der Waals surface area contributed by atoms with E-state index in [1.54, 1.807) is 36.4 Å². The number of hydrogen-bond donors (Lipinski definition) is 2. The van der Waals surface area contributed by atoms with E-state index in [-0.39, 0.29) is 18.7 Å². The Kier molecular flexibility index (Phi) is 9.28. The summed E-state index contributed by atoms with van der Waals surface area (Å²) in [5, 5.41) is 5.81. The Morgan fingerprint density at radius 3 is 2.31 bits per heavy atom. The molecule has 3 aromatic rings. The zero-order valence-corrected chi connectivity index (χ0v) is 21.5. The van der Waals surface area contributed by atoms with E-state index in [2.05, 4.69) is 26.6 Å². The van der Waals surface area contributed by atoms with E-state index in [1.165, 1.54) is 0 Å². The summed E-state index contributed by atoms with van der Waals surface area (Å²) in [6, 6.07) is 18.0. The van der Waals surface area contributed by atoms with Crippen LogP contribution in [0.3, 0.4) is 0 Å². The Morgan fingerprint density at radius 2 is 1.60 bits per heavy atom. The molecule has 0 heterocycles. The number of anilines is 2. The molecule has 3 aromatic carbocycles. The Morgan fingerprint density at radius 1 is 0.886 bits per heavy atom. The Hall–Kier alpha value is -3.36. The Balaban J connectivity index is 1.39. The molecule has 0 aliphatic heterocycles. The van der Waals surface area contributed by atoms with Gasteiger partial charge in [-0.2, -0.15) is 0 Å². The number of nitrogens with one attached hydrogen (secondary N) is 2. The number of carbonyl (C=O) groups excluding carboxylic acids is 3. The molecule has 35 heavy (non-hydrogen) atoms. The van der Waals surface area contributed by atoms with E-state index < -0.39 is 18.5 Å². The normalized spacial score (nSPS) is 10.4. The highest BCUT2D eigenvalue weighted by molar-refractivity contribution is 9.10. The summed E-state index contributed by atoms with van der Waals surface area (Å²) in [4.78, 5) is 36.2. The fraction of sp³-hybridized carbons (Fsp3) is 0.192. The molecule has 0 aliphatic rings. The molecule has 3 rings (SSSR count). The number of hydrogen-bond acceptors (Lipinski definition) is 5. The van der Waals surface area contributed by atoms with Gasteiger partial charge < -0.3 is 20.1 Å². The molecule has 2 N–H and O–H groups in total. The lowest BCUT2D eigenvalue weighted by Crippen LogP contribution is -2.22. The smallest absolute Gasteiger partial charge is 0.306 e. The van der Waals surface area contributed by atoms with Crippen molar-refractivity contribution in [2.24, 2.45) is 0 Å². The molecule has 0 spiro atoms. The van der Waals surface area contributed by atoms with Crippen molar-refractivity contribution < 1.29 is 23.9 Å². The third kappa shape index (κ3) is 8.12. The van der Waals surface area contributed by atoms with Crippen molar-refractivity contribution in [2.45, 2.75) is 26.7 Å². The number of benzene rings is 3. The van der Waals surface area contributed by atoms with Crippen LogP contribution in [0.25, 0.3) is 0 Å². The predicted molar refractivity (Wildman–Crippen MR) is 139 cm³/mol. The molecule has 2 amide bonds. The number of para-hydroxylation sites is 1. The molecule has 0 unspecified atom stereocenters. The molecule has 0 fully saturated rings. The van der Waals surface area contributed by atoms with Crippen LogP contribution >= 0.6 is 27.5 Å². The minimum absolute atomic E-state index is 0.0800. The van der Waals surface area contributed by atoms with Gasteiger partial charge in [0.1, 0.15) is 11.5 Å². The molecule has 0 bridgehead atoms. The van der Waals surface area contributed by atoms with Crippen molar-refractivity contribution in [2.75, 3.05) is 17.2 Å². The summed E-state index contributed by atoms with van der Waals surface area (Å²) >= 11 is 9.36. The number of carbonyl (C=O) groups is 3. The van der Waals surface area contributed by atoms with Crippen molar-refractivity contribution in [3.8, 4) is 11.5 Å². The van der Waals surface area contributed by atoms with Crippen LogP contribution in [0.15, 0.2) is 65.1 Å². The fourth-order valence-corrected chi connectivity index (χ4v) is 3.65. The van der Waals surface area contributed by atoms with Crippen LogP contribution in [-0.2, 0) is 19.1 Å². The van der Waals surface area contributed by atoms with Gasteiger partial charge in [-0.25, -0.2) is 0 Å². The molecule has 182 valence electrons. The fourth-order valence-electron chi connectivity index (χ4n) is 3.03. The zero-order chi connectivity index (χ0) is 25.4. The van der Waals surface area contributed by atoms with Gasteiger partial charge in [0.2, 0.25) is 5.91 Å². The Bertz CT molecular complexity index is 1230. The quantitative estimate of drug-likeness (QED) is 0.295. The van der Waals surface area contributed by atoms with Gasteiger partial charge in [0.15, 0.2) is 6.61 Å². The molecule has 9 heteroatoms. The summed E-state index contributed by atoms with van der Waals surface area (Å²) in [6.07, 6.45) is -0.236. The number of amides is 2. The maximum atomic E-state index is 12.2. The summed E-state index contributed by atoms with van der Waals surface area (Å²) in [6.45, 7) is 3.31. The third-order valence-corrected chi connectivity index (χ3v) is 6.12. The van der Waals surface area contributed by atoms with E-state index in [0.29, 0.717) is 26.6 Å². The molecule has 0 saturated heterocycles. The lowest BCUT2D eigenvalue weighted by molar-refractivity contribution is -0.147. The highest BCUT2D eigenvalue weighted by Gasteiger charge is 2.13. The molecule has 0 radical (unpaired) electrons. The molecule has 0 aliphatic carbocycles. The summed E-state index contributed by atoms with van der Waals surface area (Å²) in [5.74, 6) is -0.105. The molecule has 0 atom stereocenters. The van der Waals surface area contributed by atoms with Gasteiger partial charge in [0.05, 0.1) is 11.4 Å². The first kappa shape index (κ1) is 26.2. The van der Waals surface area contributed by atoms with Crippen LogP contribution < -0.4 is 15.4 Å². The summed E-state index contributed by atoms with van der Waals surface area (Å²) in [5.41, 5.74) is 2.91. The van der Waals surface area contributed by atoms with Crippen LogP contribution in [0.5, 0.6) is 11.5 Å². The minimum atomic E-state index is -0.650. The topological polar surface area (TPSA) is 93.7 Å². The standard InChI is InChI=1S/C26H24BrClN2O5/c1-16-5-3-4-6-23(16)35-19-9-7-18(8-10-19)29-24(31)11-12-26(33)34-15-25(32)30-22-14-21(28)20(27)13-17(22)2/h3-10,13-14H,11-12,15H2,1-2H3,(H,29,31)(H,30,32). The average molecular weight is 560 g/mol. The van der Waals surface area contributed by atoms with Gasteiger partial charge >= 0.3 is 5.97 Å². The average Bonchev–Trinajstić information content (AvgIpc) is 2.82. The number of ether oxygens (including phenoxy) is 2. The molecule has 0 saturated carbocycles. The van der Waals surface area contributed by atoms with Crippen LogP contribution in [0, 0.1) is 13.8 Å². The van der Waals surface area contributed by atoms with E-state index >= 15 is 0 Å². The van der Waals surface area contributed by atoms with Gasteiger partial charge in [-0.15, -0.1) is 0 Å². The lowest BCUT2D eigenvalue weighted by atomic mass is 10.2. The summed E-state index contributed by atoms with van der Waals surface area (Å²) in [7, 11) is 0. The van der Waals surface area contributed by atoms with E-state index in [9.17, 15) is 14.4 Å². The van der Waals surface area contributed by atoms with Crippen molar-refractivity contribution in [1.82, 2.24) is 0 Å². The van der Waals surface area contributed by atoms with Crippen molar-refractivity contribution in [3.63, 3.8) is 0 Å². The molecular formula is C26H24BrClN2O5. The minimum Gasteiger partial charge on any atom is -0.457 e. The van der Waals surface area contributed by atoms with Crippen LogP contribution in [-0.4, -0.2) is 24.4 Å². The first-order valence-electron chi connectivity index (χ1n) is 10.8. The van der Waals surface area contributed by atoms with Crippen molar-refractivity contribution in [3.05, 3.63) is 81.3 Å². The van der Waals surface area contributed by atoms with Gasteiger partial charge in [-0.3, -0.25) is 14.4 Å². The van der Waals surface area contributed by atoms with Crippen molar-refractivity contribution in [1.29, 1.82) is 0 Å². The Labute approximate surface area is 216 Å². The molecule has 0 aromatic heterocycles. The summed E-state index contributed by atoms with van der Waals surface area (Å²) < 4.78 is 11.5. The SMILES string of the molecule is Cc1cc(Br)c(Cl)cc1NC(=O)COC(=O)CCC(=O)Nc1ccc(Oc2ccccc2C)cc1. The third-order valence-electron chi connectivity index (χ3n) is 4.92. The second kappa shape index (κ2) is 12.4. The highest BCUT2D eigenvalue weighted by Crippen LogP contribution is 2.29. The number of rotatable bonds is 9. The first-order chi connectivity index (χ1) is 16.7. The highest BCUT2D eigenvalue weighted by atomic mass is 79.9. The lowest BCUT2D eigenvalue weighted by Gasteiger charge is -2.11.